The summed E-state index contributed by atoms with van der Waals surface area (Å²) in [6.45, 7) is 3.81. The first-order chi connectivity index (χ1) is 10.0. The number of aromatic nitrogens is 1. The molecule has 0 radical (unpaired) electrons. The lowest BCUT2D eigenvalue weighted by Crippen LogP contribution is -2.32. The second kappa shape index (κ2) is 6.24. The first kappa shape index (κ1) is 15.5. The number of rotatable bonds is 5. The van der Waals surface area contributed by atoms with E-state index in [0.717, 1.165) is 5.56 Å². The molecule has 0 fully saturated rings. The van der Waals surface area contributed by atoms with Crippen LogP contribution in [0.25, 0.3) is 0 Å². The standard InChI is InChI=1S/C15H18N2O3S/c1-3-17(14-7-5-4-6-12(14)2)21(19,20)15-9-8-13(11-18)10-16-15/h4-10,18H,3,11H2,1-2H3. The van der Waals surface area contributed by atoms with Gasteiger partial charge in [-0.15, -0.1) is 0 Å². The van der Waals surface area contributed by atoms with Crippen LogP contribution in [0.2, 0.25) is 0 Å². The fourth-order valence-corrected chi connectivity index (χ4v) is 3.54. The summed E-state index contributed by atoms with van der Waals surface area (Å²) >= 11 is 0. The molecule has 1 heterocycles. The van der Waals surface area contributed by atoms with E-state index in [1.807, 2.05) is 25.1 Å². The van der Waals surface area contributed by atoms with Gasteiger partial charge in [-0.3, -0.25) is 4.31 Å². The van der Waals surface area contributed by atoms with Crippen molar-refractivity contribution in [2.24, 2.45) is 0 Å². The minimum Gasteiger partial charge on any atom is -0.392 e. The Labute approximate surface area is 124 Å². The molecule has 2 rings (SSSR count). The van der Waals surface area contributed by atoms with Crippen molar-refractivity contribution in [2.75, 3.05) is 10.8 Å². The first-order valence-electron chi connectivity index (χ1n) is 6.65. The van der Waals surface area contributed by atoms with Crippen LogP contribution in [0.4, 0.5) is 5.69 Å². The summed E-state index contributed by atoms with van der Waals surface area (Å²) in [5, 5.41) is 8.98. The number of benzene rings is 1. The van der Waals surface area contributed by atoms with Crippen LogP contribution < -0.4 is 4.31 Å². The van der Waals surface area contributed by atoms with E-state index in [9.17, 15) is 8.42 Å². The van der Waals surface area contributed by atoms with Crippen molar-refractivity contribution in [3.63, 3.8) is 0 Å². The average Bonchev–Trinajstić information content (AvgIpc) is 2.50. The summed E-state index contributed by atoms with van der Waals surface area (Å²) in [7, 11) is -3.71. The number of hydrogen-bond donors (Lipinski definition) is 1. The van der Waals surface area contributed by atoms with E-state index in [1.165, 1.54) is 16.6 Å². The maximum atomic E-state index is 12.7. The molecule has 112 valence electrons. The number of para-hydroxylation sites is 1. The van der Waals surface area contributed by atoms with Gasteiger partial charge in [-0.25, -0.2) is 4.98 Å². The normalized spacial score (nSPS) is 11.4. The molecule has 1 N–H and O–H groups in total. The summed E-state index contributed by atoms with van der Waals surface area (Å²) in [6.07, 6.45) is 1.37. The Hall–Kier alpha value is -1.92. The Bertz CT molecular complexity index is 712. The van der Waals surface area contributed by atoms with Gasteiger partial charge < -0.3 is 5.11 Å². The maximum absolute atomic E-state index is 12.7. The van der Waals surface area contributed by atoms with Crippen LogP contribution in [0.1, 0.15) is 18.1 Å². The zero-order valence-corrected chi connectivity index (χ0v) is 12.8. The number of aryl methyl sites for hydroxylation is 1. The van der Waals surface area contributed by atoms with Gasteiger partial charge in [0.2, 0.25) is 0 Å². The van der Waals surface area contributed by atoms with Gasteiger partial charge in [0, 0.05) is 12.7 Å². The van der Waals surface area contributed by atoms with Crippen molar-refractivity contribution in [1.82, 2.24) is 4.98 Å². The molecule has 0 atom stereocenters. The third-order valence-corrected chi connectivity index (χ3v) is 5.01. The molecule has 0 aliphatic heterocycles. The smallest absolute Gasteiger partial charge is 0.281 e. The van der Waals surface area contributed by atoms with Crippen LogP contribution >= 0.6 is 0 Å². The molecular formula is C15H18N2O3S. The van der Waals surface area contributed by atoms with Crippen molar-refractivity contribution >= 4 is 15.7 Å². The van der Waals surface area contributed by atoms with Crippen LogP contribution in [0, 0.1) is 6.92 Å². The summed E-state index contributed by atoms with van der Waals surface area (Å²) in [5.74, 6) is 0. The Morgan fingerprint density at radius 2 is 1.90 bits per heavy atom. The lowest BCUT2D eigenvalue weighted by molar-refractivity contribution is 0.281. The molecule has 0 aliphatic carbocycles. The number of sulfonamides is 1. The van der Waals surface area contributed by atoms with Gasteiger partial charge in [0.1, 0.15) is 0 Å². The lowest BCUT2D eigenvalue weighted by Gasteiger charge is -2.24. The van der Waals surface area contributed by atoms with Crippen LogP contribution in [-0.4, -0.2) is 25.1 Å². The number of hydrogen-bond acceptors (Lipinski definition) is 4. The van der Waals surface area contributed by atoms with Crippen molar-refractivity contribution in [3.8, 4) is 0 Å². The summed E-state index contributed by atoms with van der Waals surface area (Å²) in [4.78, 5) is 3.96. The average molecular weight is 306 g/mol. The molecule has 0 unspecified atom stereocenters. The number of anilines is 1. The Morgan fingerprint density at radius 3 is 2.43 bits per heavy atom. The van der Waals surface area contributed by atoms with E-state index in [4.69, 9.17) is 5.11 Å². The molecule has 5 nitrogen and oxygen atoms in total. The summed E-state index contributed by atoms with van der Waals surface area (Å²) in [5.41, 5.74) is 2.11. The lowest BCUT2D eigenvalue weighted by atomic mass is 10.2. The molecular weight excluding hydrogens is 288 g/mol. The number of pyridine rings is 1. The van der Waals surface area contributed by atoms with Crippen LogP contribution in [0.3, 0.4) is 0 Å². The van der Waals surface area contributed by atoms with E-state index in [0.29, 0.717) is 17.8 Å². The highest BCUT2D eigenvalue weighted by atomic mass is 32.2. The fourth-order valence-electron chi connectivity index (χ4n) is 2.08. The third-order valence-electron chi connectivity index (χ3n) is 3.21. The maximum Gasteiger partial charge on any atom is 0.281 e. The minimum atomic E-state index is -3.71. The first-order valence-corrected chi connectivity index (χ1v) is 8.09. The summed E-state index contributed by atoms with van der Waals surface area (Å²) < 4.78 is 26.8. The van der Waals surface area contributed by atoms with Crippen molar-refractivity contribution in [2.45, 2.75) is 25.5 Å². The predicted octanol–water partition coefficient (Wildman–Crippen LogP) is 2.10. The highest BCUT2D eigenvalue weighted by Crippen LogP contribution is 2.25. The zero-order chi connectivity index (χ0) is 15.5. The van der Waals surface area contributed by atoms with Gasteiger partial charge in [-0.2, -0.15) is 8.42 Å². The van der Waals surface area contributed by atoms with E-state index in [2.05, 4.69) is 4.98 Å². The van der Waals surface area contributed by atoms with Crippen molar-refractivity contribution in [1.29, 1.82) is 0 Å². The number of aliphatic hydroxyl groups is 1. The van der Waals surface area contributed by atoms with Gasteiger partial charge in [-0.1, -0.05) is 24.3 Å². The van der Waals surface area contributed by atoms with Crippen LogP contribution in [-0.2, 0) is 16.6 Å². The quantitative estimate of drug-likeness (QED) is 0.918. The SMILES string of the molecule is CCN(c1ccccc1C)S(=O)(=O)c1ccc(CO)cn1. The monoisotopic (exact) mass is 306 g/mol. The molecule has 6 heteroatoms. The summed E-state index contributed by atoms with van der Waals surface area (Å²) in [6, 6.07) is 10.3. The molecule has 0 saturated heterocycles. The highest BCUT2D eigenvalue weighted by Gasteiger charge is 2.25. The van der Waals surface area contributed by atoms with Gasteiger partial charge in [-0.05, 0) is 37.1 Å². The van der Waals surface area contributed by atoms with E-state index in [-0.39, 0.29) is 11.6 Å². The topological polar surface area (TPSA) is 70.5 Å². The molecule has 0 saturated carbocycles. The molecule has 21 heavy (non-hydrogen) atoms. The van der Waals surface area contributed by atoms with Crippen LogP contribution in [0.5, 0.6) is 0 Å². The fraction of sp³-hybridized carbons (Fsp3) is 0.267. The second-order valence-electron chi connectivity index (χ2n) is 4.62. The molecule has 0 bridgehead atoms. The minimum absolute atomic E-state index is 0.0233. The number of aliphatic hydroxyl groups excluding tert-OH is 1. The molecule has 1 aromatic carbocycles. The van der Waals surface area contributed by atoms with E-state index < -0.39 is 10.0 Å². The number of nitrogens with zero attached hydrogens (tertiary/aromatic N) is 2. The second-order valence-corrected chi connectivity index (χ2v) is 6.43. The molecule has 2 aromatic rings. The molecule has 0 aliphatic rings. The van der Waals surface area contributed by atoms with Gasteiger partial charge in [0.05, 0.1) is 12.3 Å². The largest absolute Gasteiger partial charge is 0.392 e. The van der Waals surface area contributed by atoms with Crippen LogP contribution in [0.15, 0.2) is 47.6 Å². The predicted molar refractivity (Wildman–Crippen MR) is 81.5 cm³/mol. The molecule has 0 amide bonds. The third kappa shape index (κ3) is 3.06. The van der Waals surface area contributed by atoms with E-state index >= 15 is 0 Å². The van der Waals surface area contributed by atoms with Gasteiger partial charge in [0.15, 0.2) is 5.03 Å². The Kier molecular flexibility index (Phi) is 4.59. The zero-order valence-electron chi connectivity index (χ0n) is 12.0. The van der Waals surface area contributed by atoms with Gasteiger partial charge in [0.25, 0.3) is 10.0 Å². The molecule has 0 spiro atoms. The van der Waals surface area contributed by atoms with Crippen molar-refractivity contribution < 1.29 is 13.5 Å². The Morgan fingerprint density at radius 1 is 1.19 bits per heavy atom. The van der Waals surface area contributed by atoms with Gasteiger partial charge >= 0.3 is 0 Å². The Balaban J connectivity index is 2.47. The molecule has 1 aromatic heterocycles. The van der Waals surface area contributed by atoms with E-state index in [1.54, 1.807) is 19.1 Å². The van der Waals surface area contributed by atoms with Crippen molar-refractivity contribution in [3.05, 3.63) is 53.7 Å². The highest BCUT2D eigenvalue weighted by molar-refractivity contribution is 7.92.